The van der Waals surface area contributed by atoms with Crippen molar-refractivity contribution in [3.63, 3.8) is 0 Å². The van der Waals surface area contributed by atoms with Gasteiger partial charge in [-0.25, -0.2) is 4.98 Å². The van der Waals surface area contributed by atoms with Crippen LogP contribution in [0.3, 0.4) is 0 Å². The van der Waals surface area contributed by atoms with E-state index in [4.69, 9.17) is 12.2 Å². The maximum absolute atomic E-state index is 5.04. The van der Waals surface area contributed by atoms with Gasteiger partial charge in [-0.1, -0.05) is 12.2 Å². The topological polar surface area (TPSA) is 41.6 Å². The van der Waals surface area contributed by atoms with Gasteiger partial charge in [-0.3, -0.25) is 4.98 Å². The van der Waals surface area contributed by atoms with E-state index in [0.717, 1.165) is 17.1 Å². The molecule has 0 radical (unpaired) electrons. The highest BCUT2D eigenvalue weighted by Crippen LogP contribution is 2.14. The molecule has 0 aliphatic heterocycles. The largest absolute Gasteiger partial charge is 0.343 e. The summed E-state index contributed by atoms with van der Waals surface area (Å²) in [6.07, 6.45) is 3.50. The molecular weight excluding hydrogens is 194 g/mol. The van der Waals surface area contributed by atoms with Crippen molar-refractivity contribution in [3.8, 4) is 11.3 Å². The lowest BCUT2D eigenvalue weighted by atomic mass is 10.2. The molecule has 0 fully saturated rings. The van der Waals surface area contributed by atoms with Crippen molar-refractivity contribution < 1.29 is 0 Å². The van der Waals surface area contributed by atoms with E-state index in [0.29, 0.717) is 4.64 Å². The fraction of sp³-hybridized carbons (Fsp3) is 0.100. The van der Waals surface area contributed by atoms with Gasteiger partial charge in [0.15, 0.2) is 0 Å². The Morgan fingerprint density at radius 2 is 2.00 bits per heavy atom. The fourth-order valence-corrected chi connectivity index (χ4v) is 1.52. The molecule has 0 unspecified atom stereocenters. The van der Waals surface area contributed by atoms with Crippen LogP contribution in [-0.4, -0.2) is 15.0 Å². The number of pyridine rings is 1. The van der Waals surface area contributed by atoms with Crippen LogP contribution in [0, 0.1) is 11.6 Å². The van der Waals surface area contributed by atoms with E-state index in [1.54, 1.807) is 12.4 Å². The minimum atomic E-state index is 0.605. The second-order valence-electron chi connectivity index (χ2n) is 2.95. The second-order valence-corrected chi connectivity index (χ2v) is 3.37. The number of aromatic nitrogens is 3. The van der Waals surface area contributed by atoms with Crippen LogP contribution in [0.1, 0.15) is 5.82 Å². The van der Waals surface area contributed by atoms with Gasteiger partial charge in [-0.05, 0) is 25.1 Å². The Balaban J connectivity index is 2.58. The minimum Gasteiger partial charge on any atom is -0.343 e. The summed E-state index contributed by atoms with van der Waals surface area (Å²) in [7, 11) is 0. The molecule has 0 aromatic carbocycles. The normalized spacial score (nSPS) is 10.1. The van der Waals surface area contributed by atoms with Gasteiger partial charge >= 0.3 is 0 Å². The first kappa shape index (κ1) is 9.02. The Bertz CT molecular complexity index is 490. The number of nitrogens with one attached hydrogen (secondary N) is 1. The van der Waals surface area contributed by atoms with Gasteiger partial charge in [0.05, 0.1) is 0 Å². The number of nitrogens with zero attached hydrogens (tertiary/aromatic N) is 2. The maximum Gasteiger partial charge on any atom is 0.130 e. The third-order valence-electron chi connectivity index (χ3n) is 1.85. The first-order valence-electron chi connectivity index (χ1n) is 4.24. The van der Waals surface area contributed by atoms with E-state index >= 15 is 0 Å². The quantitative estimate of drug-likeness (QED) is 0.724. The molecule has 0 spiro atoms. The van der Waals surface area contributed by atoms with E-state index in [-0.39, 0.29) is 0 Å². The molecule has 4 heteroatoms. The molecule has 0 amide bonds. The van der Waals surface area contributed by atoms with Gasteiger partial charge in [-0.2, -0.15) is 0 Å². The third kappa shape index (κ3) is 1.85. The molecule has 2 heterocycles. The summed E-state index contributed by atoms with van der Waals surface area (Å²) in [6.45, 7) is 1.89. The molecule has 0 aliphatic rings. The number of H-pyrrole nitrogens is 1. The molecule has 3 nitrogen and oxygen atoms in total. The van der Waals surface area contributed by atoms with Crippen molar-refractivity contribution >= 4 is 12.2 Å². The lowest BCUT2D eigenvalue weighted by Gasteiger charge is -2.02. The van der Waals surface area contributed by atoms with Crippen LogP contribution in [0.4, 0.5) is 0 Å². The molecule has 1 N–H and O–H groups in total. The number of aromatic amines is 1. The summed E-state index contributed by atoms with van der Waals surface area (Å²) >= 11 is 5.04. The van der Waals surface area contributed by atoms with Gasteiger partial charge in [0, 0.05) is 23.7 Å². The van der Waals surface area contributed by atoms with E-state index in [9.17, 15) is 0 Å². The monoisotopic (exact) mass is 203 g/mol. The highest BCUT2D eigenvalue weighted by molar-refractivity contribution is 7.71. The zero-order chi connectivity index (χ0) is 9.97. The Morgan fingerprint density at radius 3 is 2.64 bits per heavy atom. The van der Waals surface area contributed by atoms with Crippen LogP contribution < -0.4 is 0 Å². The summed E-state index contributed by atoms with van der Waals surface area (Å²) in [5.74, 6) is 0.823. The lowest BCUT2D eigenvalue weighted by molar-refractivity contribution is 1.05. The van der Waals surface area contributed by atoms with Crippen LogP contribution in [0.25, 0.3) is 11.3 Å². The van der Waals surface area contributed by atoms with Crippen LogP contribution in [0.15, 0.2) is 30.6 Å². The average molecular weight is 203 g/mol. The Kier molecular flexibility index (Phi) is 2.37. The van der Waals surface area contributed by atoms with E-state index in [2.05, 4.69) is 15.0 Å². The summed E-state index contributed by atoms with van der Waals surface area (Å²) < 4.78 is 0.605. The Hall–Kier alpha value is -1.55. The van der Waals surface area contributed by atoms with Crippen molar-refractivity contribution in [1.29, 1.82) is 0 Å². The molecule has 70 valence electrons. The SMILES string of the molecule is Cc1nc(=S)cc(-c2ccncc2)[nH]1. The molecular formula is C10H9N3S. The van der Waals surface area contributed by atoms with Gasteiger partial charge in [-0.15, -0.1) is 0 Å². The number of hydrogen-bond donors (Lipinski definition) is 1. The number of aryl methyl sites for hydroxylation is 1. The lowest BCUT2D eigenvalue weighted by Crippen LogP contribution is -1.91. The van der Waals surface area contributed by atoms with Crippen molar-refractivity contribution in [2.24, 2.45) is 0 Å². The highest BCUT2D eigenvalue weighted by Gasteiger charge is 1.97. The van der Waals surface area contributed by atoms with Crippen molar-refractivity contribution in [1.82, 2.24) is 15.0 Å². The predicted octanol–water partition coefficient (Wildman–Crippen LogP) is 2.51. The molecule has 2 rings (SSSR count). The van der Waals surface area contributed by atoms with Crippen LogP contribution in [-0.2, 0) is 0 Å². The van der Waals surface area contributed by atoms with Crippen molar-refractivity contribution in [2.75, 3.05) is 0 Å². The molecule has 0 saturated carbocycles. The third-order valence-corrected chi connectivity index (χ3v) is 2.06. The van der Waals surface area contributed by atoms with Crippen LogP contribution in [0.2, 0.25) is 0 Å². The zero-order valence-electron chi connectivity index (χ0n) is 7.69. The molecule has 0 aliphatic carbocycles. The molecule has 0 saturated heterocycles. The predicted molar refractivity (Wildman–Crippen MR) is 57.4 cm³/mol. The summed E-state index contributed by atoms with van der Waals surface area (Å²) in [5, 5.41) is 0. The van der Waals surface area contributed by atoms with Gasteiger partial charge < -0.3 is 4.98 Å². The Labute approximate surface area is 86.9 Å². The molecule has 2 aromatic heterocycles. The first-order chi connectivity index (χ1) is 6.75. The Morgan fingerprint density at radius 1 is 1.29 bits per heavy atom. The van der Waals surface area contributed by atoms with E-state index in [1.807, 2.05) is 25.1 Å². The van der Waals surface area contributed by atoms with Crippen molar-refractivity contribution in [2.45, 2.75) is 6.92 Å². The summed E-state index contributed by atoms with van der Waals surface area (Å²) in [6, 6.07) is 5.71. The molecule has 0 bridgehead atoms. The van der Waals surface area contributed by atoms with E-state index in [1.165, 1.54) is 0 Å². The smallest absolute Gasteiger partial charge is 0.130 e. The van der Waals surface area contributed by atoms with Crippen LogP contribution in [0.5, 0.6) is 0 Å². The summed E-state index contributed by atoms with van der Waals surface area (Å²) in [5.41, 5.74) is 2.04. The molecule has 14 heavy (non-hydrogen) atoms. The maximum atomic E-state index is 5.04. The van der Waals surface area contributed by atoms with Gasteiger partial charge in [0.2, 0.25) is 0 Å². The standard InChI is InChI=1S/C10H9N3S/c1-7-12-9(6-10(14)13-7)8-2-4-11-5-3-8/h2-6H,1H3,(H,12,13,14). The van der Waals surface area contributed by atoms with Crippen LogP contribution >= 0.6 is 12.2 Å². The fourth-order valence-electron chi connectivity index (χ4n) is 1.27. The second kappa shape index (κ2) is 3.67. The average Bonchev–Trinajstić information content (AvgIpc) is 2.18. The van der Waals surface area contributed by atoms with Gasteiger partial charge in [0.1, 0.15) is 10.5 Å². The molecule has 2 aromatic rings. The zero-order valence-corrected chi connectivity index (χ0v) is 8.51. The molecule has 0 atom stereocenters. The minimum absolute atomic E-state index is 0.605. The van der Waals surface area contributed by atoms with Gasteiger partial charge in [0.25, 0.3) is 0 Å². The van der Waals surface area contributed by atoms with E-state index < -0.39 is 0 Å². The number of hydrogen-bond acceptors (Lipinski definition) is 3. The van der Waals surface area contributed by atoms with Crippen molar-refractivity contribution in [3.05, 3.63) is 41.1 Å². The number of rotatable bonds is 1. The summed E-state index contributed by atoms with van der Waals surface area (Å²) in [4.78, 5) is 11.2. The first-order valence-corrected chi connectivity index (χ1v) is 4.65. The highest BCUT2D eigenvalue weighted by atomic mass is 32.1.